The van der Waals surface area contributed by atoms with Gasteiger partial charge in [-0.05, 0) is 70.2 Å². The summed E-state index contributed by atoms with van der Waals surface area (Å²) in [4.78, 5) is 2.31. The molecule has 5 nitrogen and oxygen atoms in total. The van der Waals surface area contributed by atoms with Crippen molar-refractivity contribution in [2.24, 2.45) is 11.3 Å². The van der Waals surface area contributed by atoms with Crippen LogP contribution in [0.2, 0.25) is 0 Å². The smallest absolute Gasteiger partial charge is 0.211 e. The Hall–Kier alpha value is -0.170. The van der Waals surface area contributed by atoms with Gasteiger partial charge in [-0.15, -0.1) is 0 Å². The maximum Gasteiger partial charge on any atom is 0.211 e. The minimum atomic E-state index is -3.12. The average Bonchev–Trinajstić information content (AvgIpc) is 2.41. The van der Waals surface area contributed by atoms with Gasteiger partial charge in [-0.25, -0.2) is 13.1 Å². The molecule has 6 heteroatoms. The Morgan fingerprint density at radius 1 is 1.25 bits per heavy atom. The highest BCUT2D eigenvalue weighted by Gasteiger charge is 2.30. The molecule has 2 aliphatic heterocycles. The van der Waals surface area contributed by atoms with Crippen LogP contribution in [0.15, 0.2) is 0 Å². The number of rotatable bonds is 5. The lowest BCUT2D eigenvalue weighted by atomic mass is 9.81. The summed E-state index contributed by atoms with van der Waals surface area (Å²) in [6.45, 7) is 6.81. The predicted molar refractivity (Wildman–Crippen MR) is 82.2 cm³/mol. The third kappa shape index (κ3) is 4.98. The first kappa shape index (κ1) is 16.2. The van der Waals surface area contributed by atoms with E-state index in [1.54, 1.807) is 0 Å². The van der Waals surface area contributed by atoms with Crippen molar-refractivity contribution in [3.63, 3.8) is 0 Å². The van der Waals surface area contributed by atoms with E-state index in [9.17, 15) is 8.42 Å². The molecule has 2 fully saturated rings. The molecule has 0 atom stereocenters. The van der Waals surface area contributed by atoms with Crippen LogP contribution < -0.4 is 10.0 Å². The van der Waals surface area contributed by atoms with Gasteiger partial charge in [0.05, 0.1) is 5.75 Å². The normalized spacial score (nSPS) is 25.7. The van der Waals surface area contributed by atoms with Crippen molar-refractivity contribution in [1.82, 2.24) is 14.9 Å². The second-order valence-corrected chi connectivity index (χ2v) is 8.76. The topological polar surface area (TPSA) is 61.4 Å². The van der Waals surface area contributed by atoms with Gasteiger partial charge >= 0.3 is 0 Å². The molecule has 2 aliphatic rings. The molecule has 2 N–H and O–H groups in total. The number of nitrogens with one attached hydrogen (secondary N) is 2. The van der Waals surface area contributed by atoms with Crippen LogP contribution in [0, 0.1) is 11.3 Å². The van der Waals surface area contributed by atoms with E-state index >= 15 is 0 Å². The second kappa shape index (κ2) is 6.73. The van der Waals surface area contributed by atoms with E-state index in [-0.39, 0.29) is 5.41 Å². The summed E-state index contributed by atoms with van der Waals surface area (Å²) in [5, 5.41) is 3.27. The van der Waals surface area contributed by atoms with Gasteiger partial charge in [-0.2, -0.15) is 0 Å². The first-order valence-corrected chi connectivity index (χ1v) is 9.40. The van der Waals surface area contributed by atoms with Crippen molar-refractivity contribution in [3.8, 4) is 0 Å². The number of hydrogen-bond donors (Lipinski definition) is 2. The van der Waals surface area contributed by atoms with Crippen molar-refractivity contribution in [3.05, 3.63) is 0 Å². The number of hydrogen-bond acceptors (Lipinski definition) is 4. The number of nitrogens with zero attached hydrogens (tertiary/aromatic N) is 1. The van der Waals surface area contributed by atoms with Gasteiger partial charge in [0.15, 0.2) is 0 Å². The zero-order chi connectivity index (χ0) is 14.6. The molecule has 2 heterocycles. The minimum absolute atomic E-state index is 0.119. The Labute approximate surface area is 123 Å². The fraction of sp³-hybridized carbons (Fsp3) is 1.00. The van der Waals surface area contributed by atoms with Gasteiger partial charge in [0.2, 0.25) is 10.0 Å². The summed E-state index contributed by atoms with van der Waals surface area (Å²) >= 11 is 0. The van der Waals surface area contributed by atoms with Crippen LogP contribution in [0.1, 0.15) is 32.6 Å². The Balaban J connectivity index is 1.79. The summed E-state index contributed by atoms with van der Waals surface area (Å²) < 4.78 is 27.3. The summed E-state index contributed by atoms with van der Waals surface area (Å²) in [5.74, 6) is 0.615. The molecule has 0 radical (unpaired) electrons. The fourth-order valence-corrected chi connectivity index (χ4v) is 4.68. The fourth-order valence-electron chi connectivity index (χ4n) is 3.04. The van der Waals surface area contributed by atoms with Crippen LogP contribution in [-0.4, -0.2) is 58.8 Å². The first-order chi connectivity index (χ1) is 9.39. The highest BCUT2D eigenvalue weighted by Crippen LogP contribution is 2.29. The molecule has 0 saturated carbocycles. The quantitative estimate of drug-likeness (QED) is 0.782. The van der Waals surface area contributed by atoms with Gasteiger partial charge < -0.3 is 10.2 Å². The number of likely N-dealkylation sites (tertiary alicyclic amines) is 1. The summed E-state index contributed by atoms with van der Waals surface area (Å²) in [7, 11) is -0.998. The maximum absolute atomic E-state index is 12.2. The molecule has 2 rings (SSSR count). The number of piperidine rings is 2. The molecular weight excluding hydrogens is 274 g/mol. The van der Waals surface area contributed by atoms with Gasteiger partial charge in [-0.1, -0.05) is 6.92 Å². The van der Waals surface area contributed by atoms with Crippen molar-refractivity contribution < 1.29 is 8.42 Å². The van der Waals surface area contributed by atoms with Crippen molar-refractivity contribution >= 4 is 10.0 Å². The molecule has 118 valence electrons. The number of sulfonamides is 1. The highest BCUT2D eigenvalue weighted by molar-refractivity contribution is 7.89. The van der Waals surface area contributed by atoms with E-state index in [1.165, 1.54) is 0 Å². The summed E-state index contributed by atoms with van der Waals surface area (Å²) in [6, 6.07) is 0. The molecule has 2 saturated heterocycles. The molecule has 0 aromatic rings. The van der Waals surface area contributed by atoms with Crippen LogP contribution in [-0.2, 0) is 10.0 Å². The monoisotopic (exact) mass is 303 g/mol. The van der Waals surface area contributed by atoms with Crippen LogP contribution in [0.25, 0.3) is 0 Å². The van der Waals surface area contributed by atoms with E-state index in [0.717, 1.165) is 51.9 Å². The SMILES string of the molecule is CN1CCC(C)(CNS(=O)(=O)CC2CCNCC2)CC1. The lowest BCUT2D eigenvalue weighted by molar-refractivity contribution is 0.143. The maximum atomic E-state index is 12.2. The van der Waals surface area contributed by atoms with Crippen molar-refractivity contribution in [2.75, 3.05) is 45.5 Å². The molecule has 0 spiro atoms. The van der Waals surface area contributed by atoms with Gasteiger partial charge in [0, 0.05) is 6.54 Å². The predicted octanol–water partition coefficient (Wildman–Crippen LogP) is 0.637. The lowest BCUT2D eigenvalue weighted by Gasteiger charge is -2.38. The minimum Gasteiger partial charge on any atom is -0.317 e. The third-order valence-electron chi connectivity index (χ3n) is 4.83. The van der Waals surface area contributed by atoms with Gasteiger partial charge in [0.25, 0.3) is 0 Å². The second-order valence-electron chi connectivity index (χ2n) is 6.91. The molecule has 20 heavy (non-hydrogen) atoms. The van der Waals surface area contributed by atoms with E-state index in [1.807, 2.05) is 0 Å². The molecule has 0 aromatic heterocycles. The van der Waals surface area contributed by atoms with Crippen molar-refractivity contribution in [2.45, 2.75) is 32.6 Å². The Kier molecular flexibility index (Phi) is 5.45. The largest absolute Gasteiger partial charge is 0.317 e. The van der Waals surface area contributed by atoms with E-state index < -0.39 is 10.0 Å². The Morgan fingerprint density at radius 3 is 2.45 bits per heavy atom. The Morgan fingerprint density at radius 2 is 1.85 bits per heavy atom. The van der Waals surface area contributed by atoms with E-state index in [0.29, 0.717) is 18.2 Å². The zero-order valence-electron chi connectivity index (χ0n) is 12.8. The van der Waals surface area contributed by atoms with E-state index in [4.69, 9.17) is 0 Å². The van der Waals surface area contributed by atoms with Crippen LogP contribution in [0.4, 0.5) is 0 Å². The molecule has 0 bridgehead atoms. The lowest BCUT2D eigenvalue weighted by Crippen LogP contribution is -2.44. The summed E-state index contributed by atoms with van der Waals surface area (Å²) in [5.41, 5.74) is 0.119. The zero-order valence-corrected chi connectivity index (χ0v) is 13.6. The highest BCUT2D eigenvalue weighted by atomic mass is 32.2. The van der Waals surface area contributed by atoms with E-state index in [2.05, 4.69) is 28.9 Å². The van der Waals surface area contributed by atoms with Crippen LogP contribution in [0.5, 0.6) is 0 Å². The summed E-state index contributed by atoms with van der Waals surface area (Å²) in [6.07, 6.45) is 4.09. The molecule has 0 aromatic carbocycles. The van der Waals surface area contributed by atoms with Gasteiger partial charge in [0.1, 0.15) is 0 Å². The van der Waals surface area contributed by atoms with Crippen molar-refractivity contribution in [1.29, 1.82) is 0 Å². The Bertz CT molecular complexity index is 397. The third-order valence-corrected chi connectivity index (χ3v) is 6.32. The molecular formula is C14H29N3O2S. The standard InChI is InChI=1S/C14H29N3O2S/c1-14(5-9-17(2)10-6-14)12-16-20(18,19)11-13-3-7-15-8-4-13/h13,15-16H,3-12H2,1-2H3. The molecule has 0 aliphatic carbocycles. The van der Waals surface area contributed by atoms with Gasteiger partial charge in [-0.3, -0.25) is 0 Å². The first-order valence-electron chi connectivity index (χ1n) is 7.75. The average molecular weight is 303 g/mol. The van der Waals surface area contributed by atoms with Crippen LogP contribution >= 0.6 is 0 Å². The molecule has 0 unspecified atom stereocenters. The van der Waals surface area contributed by atoms with Crippen LogP contribution in [0.3, 0.4) is 0 Å². The molecule has 0 amide bonds.